The monoisotopic (exact) mass is 398 g/mol. The van der Waals surface area contributed by atoms with Crippen LogP contribution in [-0.2, 0) is 10.0 Å². The minimum Gasteiger partial charge on any atom is -0.467 e. The number of benzene rings is 1. The van der Waals surface area contributed by atoms with Gasteiger partial charge in [0.15, 0.2) is 4.90 Å². The van der Waals surface area contributed by atoms with Crippen LogP contribution in [0.5, 0.6) is 12.0 Å². The number of hydrogen-bond acceptors (Lipinski definition) is 10. The number of methoxy groups -OCH3 is 2. The fourth-order valence-corrected chi connectivity index (χ4v) is 2.98. The van der Waals surface area contributed by atoms with E-state index in [9.17, 15) is 23.3 Å². The second-order valence-electron chi connectivity index (χ2n) is 4.80. The third-order valence-corrected chi connectivity index (χ3v) is 4.49. The Morgan fingerprint density at radius 1 is 1.15 bits per heavy atom. The number of ether oxygens (including phenoxy) is 2. The highest BCUT2D eigenvalue weighted by atomic mass is 32.2. The first kappa shape index (κ1) is 19.8. The summed E-state index contributed by atoms with van der Waals surface area (Å²) < 4.78 is 36.2. The molecule has 0 fully saturated rings. The normalized spacial score (nSPS) is 10.8. The van der Waals surface area contributed by atoms with Crippen molar-refractivity contribution in [2.45, 2.75) is 4.90 Å². The Bertz CT molecular complexity index is 959. The van der Waals surface area contributed by atoms with Crippen LogP contribution in [0.3, 0.4) is 0 Å². The highest BCUT2D eigenvalue weighted by molar-refractivity contribution is 7.90. The molecule has 1 aromatic heterocycles. The van der Waals surface area contributed by atoms with Gasteiger partial charge in [-0.1, -0.05) is 12.1 Å². The van der Waals surface area contributed by atoms with E-state index < -0.39 is 31.6 Å². The summed E-state index contributed by atoms with van der Waals surface area (Å²) in [6.07, 6.45) is 0. The van der Waals surface area contributed by atoms with E-state index in [1.807, 2.05) is 0 Å². The molecular formula is C13H14N6O7S. The SMILES string of the molecule is COc1nc(OC)nc(N(C)C(=O)NS(=O)(=O)c2ccccc2[N+](=O)[O-])n1. The van der Waals surface area contributed by atoms with Crippen LogP contribution >= 0.6 is 0 Å². The van der Waals surface area contributed by atoms with Gasteiger partial charge in [-0.25, -0.2) is 17.9 Å². The van der Waals surface area contributed by atoms with Gasteiger partial charge in [0.1, 0.15) is 0 Å². The van der Waals surface area contributed by atoms with Crippen molar-refractivity contribution in [1.82, 2.24) is 19.7 Å². The zero-order valence-corrected chi connectivity index (χ0v) is 15.1. The van der Waals surface area contributed by atoms with Crippen molar-refractivity contribution < 1.29 is 27.6 Å². The van der Waals surface area contributed by atoms with Gasteiger partial charge < -0.3 is 9.47 Å². The maximum atomic E-state index is 12.4. The van der Waals surface area contributed by atoms with Crippen LogP contribution in [0.25, 0.3) is 0 Å². The summed E-state index contributed by atoms with van der Waals surface area (Å²) in [4.78, 5) is 33.9. The topological polar surface area (TPSA) is 167 Å². The van der Waals surface area contributed by atoms with Crippen molar-refractivity contribution in [2.75, 3.05) is 26.2 Å². The first-order valence-corrected chi connectivity index (χ1v) is 8.56. The van der Waals surface area contributed by atoms with Crippen molar-refractivity contribution in [1.29, 1.82) is 0 Å². The Hall–Kier alpha value is -3.55. The third-order valence-electron chi connectivity index (χ3n) is 3.13. The molecule has 1 heterocycles. The summed E-state index contributed by atoms with van der Waals surface area (Å²) in [5.74, 6) is -0.269. The lowest BCUT2D eigenvalue weighted by molar-refractivity contribution is -0.387. The Labute approximate surface area is 153 Å². The average molecular weight is 398 g/mol. The molecular weight excluding hydrogens is 384 g/mol. The van der Waals surface area contributed by atoms with E-state index in [-0.39, 0.29) is 18.0 Å². The minimum absolute atomic E-state index is 0.168. The molecule has 0 unspecified atom stereocenters. The fourth-order valence-electron chi connectivity index (χ4n) is 1.82. The van der Waals surface area contributed by atoms with Gasteiger partial charge >= 0.3 is 18.1 Å². The number of nitrogens with zero attached hydrogens (tertiary/aromatic N) is 5. The summed E-state index contributed by atoms with van der Waals surface area (Å²) in [5.41, 5.74) is -0.677. The summed E-state index contributed by atoms with van der Waals surface area (Å²) in [5, 5.41) is 11.0. The number of aromatic nitrogens is 3. The molecule has 0 spiro atoms. The summed E-state index contributed by atoms with van der Waals surface area (Å²) in [7, 11) is -0.806. The lowest BCUT2D eigenvalue weighted by Gasteiger charge is -2.16. The first-order chi connectivity index (χ1) is 12.7. The van der Waals surface area contributed by atoms with Crippen LogP contribution in [0.4, 0.5) is 16.4 Å². The molecule has 27 heavy (non-hydrogen) atoms. The van der Waals surface area contributed by atoms with Gasteiger partial charge in [-0.2, -0.15) is 9.97 Å². The number of anilines is 1. The third kappa shape index (κ3) is 4.35. The molecule has 0 saturated carbocycles. The van der Waals surface area contributed by atoms with Crippen LogP contribution in [0.15, 0.2) is 29.2 Å². The number of nitrogens with one attached hydrogen (secondary N) is 1. The van der Waals surface area contributed by atoms with E-state index in [0.29, 0.717) is 0 Å². The second-order valence-corrected chi connectivity index (χ2v) is 6.45. The van der Waals surface area contributed by atoms with Gasteiger partial charge in [0.2, 0.25) is 5.95 Å². The molecule has 13 nitrogen and oxygen atoms in total. The molecule has 0 atom stereocenters. The van der Waals surface area contributed by atoms with Gasteiger partial charge in [0.25, 0.3) is 15.7 Å². The van der Waals surface area contributed by atoms with E-state index in [0.717, 1.165) is 17.0 Å². The molecule has 2 amide bonds. The Balaban J connectivity index is 2.33. The molecule has 2 aromatic rings. The zero-order valence-electron chi connectivity index (χ0n) is 14.3. The Morgan fingerprint density at radius 2 is 1.70 bits per heavy atom. The van der Waals surface area contributed by atoms with E-state index in [1.54, 1.807) is 4.72 Å². The zero-order chi connectivity index (χ0) is 20.2. The quantitative estimate of drug-likeness (QED) is 0.529. The lowest BCUT2D eigenvalue weighted by Crippen LogP contribution is -2.41. The van der Waals surface area contributed by atoms with Crippen molar-refractivity contribution in [2.24, 2.45) is 0 Å². The molecule has 0 aliphatic carbocycles. The number of rotatable bonds is 6. The predicted octanol–water partition coefficient (Wildman–Crippen LogP) is 0.332. The molecule has 0 aliphatic heterocycles. The molecule has 2 rings (SSSR count). The van der Waals surface area contributed by atoms with Crippen LogP contribution in [-0.4, -0.2) is 55.6 Å². The number of nitro groups is 1. The number of carbonyl (C=O) groups excluding carboxylic acids is 1. The maximum Gasteiger partial charge on any atom is 0.337 e. The molecule has 14 heteroatoms. The van der Waals surface area contributed by atoms with Crippen molar-refractivity contribution >= 4 is 27.7 Å². The van der Waals surface area contributed by atoms with E-state index in [1.165, 1.54) is 33.4 Å². The second kappa shape index (κ2) is 7.77. The largest absolute Gasteiger partial charge is 0.467 e. The minimum atomic E-state index is -4.54. The molecule has 1 N–H and O–H groups in total. The van der Waals surface area contributed by atoms with Gasteiger partial charge in [-0.05, 0) is 6.07 Å². The van der Waals surface area contributed by atoms with E-state index in [4.69, 9.17) is 9.47 Å². The summed E-state index contributed by atoms with van der Waals surface area (Å²) in [6.45, 7) is 0. The Morgan fingerprint density at radius 3 is 2.22 bits per heavy atom. The number of hydrogen-bond donors (Lipinski definition) is 1. The smallest absolute Gasteiger partial charge is 0.337 e. The van der Waals surface area contributed by atoms with Crippen molar-refractivity contribution in [3.05, 3.63) is 34.4 Å². The van der Waals surface area contributed by atoms with Crippen LogP contribution < -0.4 is 19.1 Å². The highest BCUT2D eigenvalue weighted by Crippen LogP contribution is 2.23. The van der Waals surface area contributed by atoms with Crippen molar-refractivity contribution in [3.8, 4) is 12.0 Å². The first-order valence-electron chi connectivity index (χ1n) is 7.07. The van der Waals surface area contributed by atoms with Crippen LogP contribution in [0.1, 0.15) is 0 Å². The Kier molecular flexibility index (Phi) is 5.69. The maximum absolute atomic E-state index is 12.4. The number of amides is 2. The van der Waals surface area contributed by atoms with Gasteiger partial charge in [-0.15, -0.1) is 4.98 Å². The van der Waals surface area contributed by atoms with Crippen molar-refractivity contribution in [3.63, 3.8) is 0 Å². The van der Waals surface area contributed by atoms with Gasteiger partial charge in [0, 0.05) is 13.1 Å². The van der Waals surface area contributed by atoms with Gasteiger partial charge in [-0.3, -0.25) is 15.0 Å². The molecule has 0 bridgehead atoms. The number of urea groups is 1. The summed E-state index contributed by atoms with van der Waals surface area (Å²) >= 11 is 0. The lowest BCUT2D eigenvalue weighted by atomic mass is 10.3. The predicted molar refractivity (Wildman–Crippen MR) is 90.1 cm³/mol. The molecule has 144 valence electrons. The van der Waals surface area contributed by atoms with Crippen LogP contribution in [0.2, 0.25) is 0 Å². The van der Waals surface area contributed by atoms with E-state index in [2.05, 4.69) is 15.0 Å². The van der Waals surface area contributed by atoms with Gasteiger partial charge in [0.05, 0.1) is 19.1 Å². The number of para-hydroxylation sites is 1. The fraction of sp³-hybridized carbons (Fsp3) is 0.231. The molecule has 0 saturated heterocycles. The standard InChI is InChI=1S/C13H14N6O7S/c1-18(10-14-11(25-2)16-12(15-10)26-3)13(20)17-27(23,24)9-7-5-4-6-8(9)19(21)22/h4-7H,1-3H3,(H,17,20). The average Bonchev–Trinajstić information content (AvgIpc) is 2.66. The molecule has 0 aliphatic rings. The number of carbonyl (C=O) groups is 1. The molecule has 0 radical (unpaired) electrons. The van der Waals surface area contributed by atoms with E-state index >= 15 is 0 Å². The van der Waals surface area contributed by atoms with Crippen LogP contribution in [0, 0.1) is 10.1 Å². The molecule has 1 aromatic carbocycles. The number of nitro benzene ring substituents is 1. The number of sulfonamides is 1. The summed E-state index contributed by atoms with van der Waals surface area (Å²) in [6, 6.07) is 3.10. The highest BCUT2D eigenvalue weighted by Gasteiger charge is 2.29.